The molecule has 19 heavy (non-hydrogen) atoms. The van der Waals surface area contributed by atoms with Gasteiger partial charge in [-0.05, 0) is 31.9 Å². The van der Waals surface area contributed by atoms with Gasteiger partial charge in [-0.1, -0.05) is 17.7 Å². The van der Waals surface area contributed by atoms with Gasteiger partial charge in [-0.2, -0.15) is 0 Å². The number of anilines is 1. The number of nitrogens with zero attached hydrogens (tertiary/aromatic N) is 1. The van der Waals surface area contributed by atoms with Crippen LogP contribution in [0.5, 0.6) is 0 Å². The highest BCUT2D eigenvalue weighted by atomic mass is 35.5. The second-order valence-electron chi connectivity index (χ2n) is 5.23. The molecule has 0 amide bonds. The van der Waals surface area contributed by atoms with E-state index in [-0.39, 0.29) is 11.4 Å². The molecule has 0 bridgehead atoms. The van der Waals surface area contributed by atoms with Gasteiger partial charge in [-0.15, -0.1) is 0 Å². The van der Waals surface area contributed by atoms with Gasteiger partial charge in [0, 0.05) is 25.9 Å². The standard InChI is InChI=1S/C14H20ClN3O/c1-14(19-2)7-4-8-18(9-14)11-6-3-5-10(15)12(11)13(16)17/h3,5-6H,4,7-9H2,1-2H3,(H3,16,17). The Balaban J connectivity index is 2.37. The minimum Gasteiger partial charge on any atom is -0.384 e. The SMILES string of the molecule is COC1(C)CCCN(c2cccc(Cl)c2C(=N)N)C1. The van der Waals surface area contributed by atoms with E-state index in [0.717, 1.165) is 31.6 Å². The number of hydrogen-bond donors (Lipinski definition) is 2. The number of ether oxygens (including phenoxy) is 1. The maximum absolute atomic E-state index is 7.71. The van der Waals surface area contributed by atoms with Crippen molar-refractivity contribution < 1.29 is 4.74 Å². The Hall–Kier alpha value is -1.26. The van der Waals surface area contributed by atoms with Gasteiger partial charge in [0.1, 0.15) is 5.84 Å². The van der Waals surface area contributed by atoms with Crippen LogP contribution in [0, 0.1) is 5.41 Å². The van der Waals surface area contributed by atoms with Gasteiger partial charge < -0.3 is 15.4 Å². The van der Waals surface area contributed by atoms with Crippen molar-refractivity contribution in [3.63, 3.8) is 0 Å². The molecule has 0 spiro atoms. The van der Waals surface area contributed by atoms with Gasteiger partial charge in [0.25, 0.3) is 0 Å². The lowest BCUT2D eigenvalue weighted by atomic mass is 9.93. The molecule has 3 N–H and O–H groups in total. The highest BCUT2D eigenvalue weighted by Gasteiger charge is 2.32. The van der Waals surface area contributed by atoms with E-state index >= 15 is 0 Å². The van der Waals surface area contributed by atoms with Crippen molar-refractivity contribution in [2.75, 3.05) is 25.1 Å². The Kier molecular flexibility index (Phi) is 4.02. The zero-order chi connectivity index (χ0) is 14.0. The number of halogens is 1. The number of methoxy groups -OCH3 is 1. The molecule has 1 aliphatic rings. The third kappa shape index (κ3) is 2.85. The Morgan fingerprint density at radius 2 is 2.26 bits per heavy atom. The summed E-state index contributed by atoms with van der Waals surface area (Å²) in [6, 6.07) is 5.62. The topological polar surface area (TPSA) is 62.3 Å². The molecule has 0 radical (unpaired) electrons. The lowest BCUT2D eigenvalue weighted by molar-refractivity contribution is -0.00465. The van der Waals surface area contributed by atoms with Crippen LogP contribution in [-0.2, 0) is 4.74 Å². The fourth-order valence-electron chi connectivity index (χ4n) is 2.62. The van der Waals surface area contributed by atoms with Crippen molar-refractivity contribution in [1.82, 2.24) is 0 Å². The van der Waals surface area contributed by atoms with E-state index in [1.54, 1.807) is 13.2 Å². The molecule has 2 rings (SSSR count). The van der Waals surface area contributed by atoms with Gasteiger partial charge in [-0.3, -0.25) is 5.41 Å². The largest absolute Gasteiger partial charge is 0.384 e. The van der Waals surface area contributed by atoms with Crippen LogP contribution >= 0.6 is 11.6 Å². The molecule has 0 aliphatic carbocycles. The molecular weight excluding hydrogens is 262 g/mol. The molecule has 104 valence electrons. The summed E-state index contributed by atoms with van der Waals surface area (Å²) in [5, 5.41) is 8.24. The molecule has 1 saturated heterocycles. The number of nitrogens with two attached hydrogens (primary N) is 1. The summed E-state index contributed by atoms with van der Waals surface area (Å²) in [4.78, 5) is 2.20. The Labute approximate surface area is 119 Å². The molecular formula is C14H20ClN3O. The molecule has 1 aromatic rings. The molecule has 1 aliphatic heterocycles. The molecule has 0 aromatic heterocycles. The van der Waals surface area contributed by atoms with E-state index < -0.39 is 0 Å². The van der Waals surface area contributed by atoms with E-state index in [9.17, 15) is 0 Å². The number of benzene rings is 1. The molecule has 0 saturated carbocycles. The predicted octanol–water partition coefficient (Wildman–Crippen LogP) is 2.63. The van der Waals surface area contributed by atoms with Crippen molar-refractivity contribution in [3.05, 3.63) is 28.8 Å². The summed E-state index contributed by atoms with van der Waals surface area (Å²) in [6.45, 7) is 3.82. The second kappa shape index (κ2) is 5.39. The molecule has 1 heterocycles. The minimum atomic E-state index is -0.158. The first-order chi connectivity index (χ1) is 8.97. The Bertz CT molecular complexity index is 492. The van der Waals surface area contributed by atoms with E-state index in [2.05, 4.69) is 11.8 Å². The normalized spacial score (nSPS) is 23.4. The van der Waals surface area contributed by atoms with Crippen molar-refractivity contribution in [2.45, 2.75) is 25.4 Å². The zero-order valence-corrected chi connectivity index (χ0v) is 12.1. The molecule has 1 fully saturated rings. The number of amidine groups is 1. The Morgan fingerprint density at radius 3 is 2.89 bits per heavy atom. The fraction of sp³-hybridized carbons (Fsp3) is 0.500. The highest BCUT2D eigenvalue weighted by Crippen LogP contribution is 2.32. The summed E-state index contributed by atoms with van der Waals surface area (Å²) in [6.07, 6.45) is 2.09. The van der Waals surface area contributed by atoms with Crippen LogP contribution in [0.15, 0.2) is 18.2 Å². The number of nitrogen functional groups attached to an aromatic ring is 1. The van der Waals surface area contributed by atoms with E-state index in [0.29, 0.717) is 10.6 Å². The van der Waals surface area contributed by atoms with Gasteiger partial charge in [0.2, 0.25) is 0 Å². The summed E-state index contributed by atoms with van der Waals surface area (Å²) in [7, 11) is 1.74. The summed E-state index contributed by atoms with van der Waals surface area (Å²) in [5.74, 6) is 0.00490. The summed E-state index contributed by atoms with van der Waals surface area (Å²) < 4.78 is 5.60. The first kappa shape index (κ1) is 14.2. The van der Waals surface area contributed by atoms with E-state index in [1.807, 2.05) is 12.1 Å². The smallest absolute Gasteiger partial charge is 0.126 e. The zero-order valence-electron chi connectivity index (χ0n) is 11.4. The lowest BCUT2D eigenvalue weighted by Gasteiger charge is -2.41. The van der Waals surface area contributed by atoms with E-state index in [4.69, 9.17) is 27.5 Å². The summed E-state index contributed by atoms with van der Waals surface area (Å²) >= 11 is 6.17. The number of nitrogens with one attached hydrogen (secondary N) is 1. The Morgan fingerprint density at radius 1 is 1.53 bits per heavy atom. The average molecular weight is 282 g/mol. The molecule has 4 nitrogen and oxygen atoms in total. The van der Waals surface area contributed by atoms with Crippen LogP contribution in [0.2, 0.25) is 5.02 Å². The molecule has 1 aromatic carbocycles. The number of hydrogen-bond acceptors (Lipinski definition) is 3. The summed E-state index contributed by atoms with van der Waals surface area (Å²) in [5.41, 5.74) is 7.04. The van der Waals surface area contributed by atoms with Crippen molar-refractivity contribution in [2.24, 2.45) is 5.73 Å². The van der Waals surface area contributed by atoms with Gasteiger partial charge in [0.05, 0.1) is 16.2 Å². The minimum absolute atomic E-state index is 0.00490. The third-order valence-corrected chi connectivity index (χ3v) is 4.07. The highest BCUT2D eigenvalue weighted by molar-refractivity contribution is 6.34. The van der Waals surface area contributed by atoms with Crippen molar-refractivity contribution >= 4 is 23.1 Å². The van der Waals surface area contributed by atoms with Crippen LogP contribution < -0.4 is 10.6 Å². The first-order valence-electron chi connectivity index (χ1n) is 6.40. The monoisotopic (exact) mass is 281 g/mol. The van der Waals surface area contributed by atoms with Crippen LogP contribution in [0.1, 0.15) is 25.3 Å². The third-order valence-electron chi connectivity index (χ3n) is 3.75. The first-order valence-corrected chi connectivity index (χ1v) is 6.78. The van der Waals surface area contributed by atoms with Gasteiger partial charge in [-0.25, -0.2) is 0 Å². The van der Waals surface area contributed by atoms with Crippen LogP contribution in [0.3, 0.4) is 0 Å². The quantitative estimate of drug-likeness (QED) is 0.661. The number of piperidine rings is 1. The number of rotatable bonds is 3. The molecule has 1 unspecified atom stereocenters. The van der Waals surface area contributed by atoms with Crippen molar-refractivity contribution in [3.8, 4) is 0 Å². The predicted molar refractivity (Wildman–Crippen MR) is 79.3 cm³/mol. The lowest BCUT2D eigenvalue weighted by Crippen LogP contribution is -2.48. The maximum Gasteiger partial charge on any atom is 0.126 e. The average Bonchev–Trinajstić information content (AvgIpc) is 2.38. The van der Waals surface area contributed by atoms with Crippen LogP contribution in [-0.4, -0.2) is 31.6 Å². The van der Waals surface area contributed by atoms with Gasteiger partial charge in [0.15, 0.2) is 0 Å². The van der Waals surface area contributed by atoms with Crippen molar-refractivity contribution in [1.29, 1.82) is 5.41 Å². The molecule has 5 heteroatoms. The van der Waals surface area contributed by atoms with Gasteiger partial charge >= 0.3 is 0 Å². The fourth-order valence-corrected chi connectivity index (χ4v) is 2.89. The molecule has 1 atom stereocenters. The van der Waals surface area contributed by atoms with Crippen LogP contribution in [0.25, 0.3) is 0 Å². The van der Waals surface area contributed by atoms with Crippen LogP contribution in [0.4, 0.5) is 5.69 Å². The second-order valence-corrected chi connectivity index (χ2v) is 5.63. The van der Waals surface area contributed by atoms with E-state index in [1.165, 1.54) is 0 Å². The maximum atomic E-state index is 7.71.